The molecule has 1 unspecified atom stereocenters. The van der Waals surface area contributed by atoms with Crippen molar-refractivity contribution in [2.45, 2.75) is 12.3 Å². The summed E-state index contributed by atoms with van der Waals surface area (Å²) in [6, 6.07) is 6.75. The number of hydrogen-bond acceptors (Lipinski definition) is 4. The number of phenols is 1. The Hall–Kier alpha value is -1.55. The van der Waals surface area contributed by atoms with Gasteiger partial charge in [-0.2, -0.15) is 0 Å². The van der Waals surface area contributed by atoms with E-state index in [2.05, 4.69) is 4.74 Å². The molecule has 0 radical (unpaired) electrons. The normalized spacial score (nSPS) is 12.1. The van der Waals surface area contributed by atoms with E-state index in [-0.39, 0.29) is 24.1 Å². The second kappa shape index (κ2) is 5.36. The summed E-state index contributed by atoms with van der Waals surface area (Å²) in [4.78, 5) is 11.1. The third kappa shape index (κ3) is 3.25. The van der Waals surface area contributed by atoms with Crippen LogP contribution in [0.2, 0.25) is 0 Å². The lowest BCUT2D eigenvalue weighted by Crippen LogP contribution is -2.17. The first-order valence-electron chi connectivity index (χ1n) is 4.73. The van der Waals surface area contributed by atoms with Crippen molar-refractivity contribution >= 4 is 5.97 Å². The highest BCUT2D eigenvalue weighted by Crippen LogP contribution is 2.22. The highest BCUT2D eigenvalue weighted by molar-refractivity contribution is 5.70. The van der Waals surface area contributed by atoms with Crippen LogP contribution in [0, 0.1) is 0 Å². The largest absolute Gasteiger partial charge is 0.508 e. The Kier molecular flexibility index (Phi) is 4.12. The van der Waals surface area contributed by atoms with Crippen molar-refractivity contribution < 1.29 is 14.6 Å². The van der Waals surface area contributed by atoms with Gasteiger partial charge in [0.2, 0.25) is 0 Å². The number of benzene rings is 1. The summed E-state index contributed by atoms with van der Waals surface area (Å²) in [6.45, 7) is 0.346. The number of methoxy groups -OCH3 is 1. The van der Waals surface area contributed by atoms with E-state index in [0.717, 1.165) is 5.56 Å². The predicted octanol–water partition coefficient (Wildman–Crippen LogP) is 0.998. The molecule has 15 heavy (non-hydrogen) atoms. The monoisotopic (exact) mass is 209 g/mol. The van der Waals surface area contributed by atoms with Gasteiger partial charge in [-0.15, -0.1) is 0 Å². The Balaban J connectivity index is 2.78. The van der Waals surface area contributed by atoms with Gasteiger partial charge in [0, 0.05) is 5.92 Å². The zero-order chi connectivity index (χ0) is 11.3. The molecule has 0 aliphatic heterocycles. The highest BCUT2D eigenvalue weighted by atomic mass is 16.5. The highest BCUT2D eigenvalue weighted by Gasteiger charge is 2.15. The van der Waals surface area contributed by atoms with Crippen LogP contribution in [0.3, 0.4) is 0 Å². The van der Waals surface area contributed by atoms with Crippen LogP contribution in [0.4, 0.5) is 0 Å². The second-order valence-corrected chi connectivity index (χ2v) is 3.31. The van der Waals surface area contributed by atoms with Gasteiger partial charge >= 0.3 is 5.97 Å². The SMILES string of the molecule is COC(=O)CC(CN)c1cccc(O)c1. The summed E-state index contributed by atoms with van der Waals surface area (Å²) in [7, 11) is 1.35. The smallest absolute Gasteiger partial charge is 0.306 e. The number of aromatic hydroxyl groups is 1. The number of phenolic OH excluding ortho intramolecular Hbond substituents is 1. The van der Waals surface area contributed by atoms with Crippen molar-refractivity contribution in [2.24, 2.45) is 5.73 Å². The molecule has 0 bridgehead atoms. The van der Waals surface area contributed by atoms with Crippen LogP contribution in [0.5, 0.6) is 5.75 Å². The number of ether oxygens (including phenoxy) is 1. The van der Waals surface area contributed by atoms with E-state index in [1.54, 1.807) is 18.2 Å². The first kappa shape index (κ1) is 11.5. The summed E-state index contributed by atoms with van der Waals surface area (Å²) in [6.07, 6.45) is 0.233. The van der Waals surface area contributed by atoms with Crippen molar-refractivity contribution in [1.82, 2.24) is 0 Å². The van der Waals surface area contributed by atoms with Crippen molar-refractivity contribution in [3.8, 4) is 5.75 Å². The van der Waals surface area contributed by atoms with Gasteiger partial charge in [-0.05, 0) is 24.2 Å². The van der Waals surface area contributed by atoms with Crippen LogP contribution in [0.15, 0.2) is 24.3 Å². The molecule has 0 heterocycles. The van der Waals surface area contributed by atoms with Gasteiger partial charge in [-0.3, -0.25) is 4.79 Å². The average Bonchev–Trinajstić information content (AvgIpc) is 2.25. The zero-order valence-corrected chi connectivity index (χ0v) is 8.64. The molecule has 1 rings (SSSR count). The minimum absolute atomic E-state index is 0.107. The molecule has 1 aromatic rings. The molecule has 4 nitrogen and oxygen atoms in total. The molecule has 0 aliphatic carbocycles. The van der Waals surface area contributed by atoms with Crippen LogP contribution in [-0.2, 0) is 9.53 Å². The molecule has 0 amide bonds. The van der Waals surface area contributed by atoms with Gasteiger partial charge in [0.25, 0.3) is 0 Å². The van der Waals surface area contributed by atoms with E-state index in [1.807, 2.05) is 6.07 Å². The Labute approximate surface area is 88.7 Å². The molecule has 1 aromatic carbocycles. The predicted molar refractivity (Wildman–Crippen MR) is 56.5 cm³/mol. The van der Waals surface area contributed by atoms with Gasteiger partial charge in [0.05, 0.1) is 13.5 Å². The molecule has 0 aromatic heterocycles. The van der Waals surface area contributed by atoms with Crippen LogP contribution in [0.25, 0.3) is 0 Å². The van der Waals surface area contributed by atoms with Gasteiger partial charge in [-0.25, -0.2) is 0 Å². The molecule has 4 heteroatoms. The Morgan fingerprint density at radius 3 is 2.87 bits per heavy atom. The lowest BCUT2D eigenvalue weighted by Gasteiger charge is -2.13. The molecule has 0 saturated carbocycles. The molecule has 3 N–H and O–H groups in total. The molecule has 0 spiro atoms. The van der Waals surface area contributed by atoms with E-state index in [0.29, 0.717) is 6.54 Å². The number of hydrogen-bond donors (Lipinski definition) is 2. The van der Waals surface area contributed by atoms with Gasteiger partial charge in [0.15, 0.2) is 0 Å². The minimum atomic E-state index is -0.297. The van der Waals surface area contributed by atoms with Crippen LogP contribution < -0.4 is 5.73 Å². The van der Waals surface area contributed by atoms with Gasteiger partial charge < -0.3 is 15.6 Å². The number of carbonyl (C=O) groups excluding carboxylic acids is 1. The van der Waals surface area contributed by atoms with Crippen LogP contribution in [0.1, 0.15) is 17.9 Å². The minimum Gasteiger partial charge on any atom is -0.508 e. The summed E-state index contributed by atoms with van der Waals surface area (Å²) in [5, 5.41) is 9.29. The van der Waals surface area contributed by atoms with E-state index >= 15 is 0 Å². The third-order valence-corrected chi connectivity index (χ3v) is 2.27. The number of carbonyl (C=O) groups is 1. The number of rotatable bonds is 4. The Morgan fingerprint density at radius 1 is 1.60 bits per heavy atom. The van der Waals surface area contributed by atoms with Gasteiger partial charge in [-0.1, -0.05) is 12.1 Å². The first-order chi connectivity index (χ1) is 7.17. The fraction of sp³-hybridized carbons (Fsp3) is 0.364. The topological polar surface area (TPSA) is 72.5 Å². The molecule has 0 aliphatic rings. The molecule has 1 atom stereocenters. The summed E-state index contributed by atoms with van der Waals surface area (Å²) < 4.78 is 4.58. The van der Waals surface area contributed by atoms with Gasteiger partial charge in [0.1, 0.15) is 5.75 Å². The average molecular weight is 209 g/mol. The maximum absolute atomic E-state index is 11.1. The van der Waals surface area contributed by atoms with Crippen molar-refractivity contribution in [3.05, 3.63) is 29.8 Å². The summed E-state index contributed by atoms with van der Waals surface area (Å²) >= 11 is 0. The lowest BCUT2D eigenvalue weighted by molar-refractivity contribution is -0.141. The number of nitrogens with two attached hydrogens (primary N) is 1. The summed E-state index contributed by atoms with van der Waals surface area (Å²) in [5.41, 5.74) is 6.42. The fourth-order valence-electron chi connectivity index (χ4n) is 1.40. The maximum atomic E-state index is 11.1. The maximum Gasteiger partial charge on any atom is 0.306 e. The molecule has 0 fully saturated rings. The van der Waals surface area contributed by atoms with E-state index < -0.39 is 0 Å². The third-order valence-electron chi connectivity index (χ3n) is 2.27. The lowest BCUT2D eigenvalue weighted by atomic mass is 9.96. The quantitative estimate of drug-likeness (QED) is 0.725. The zero-order valence-electron chi connectivity index (χ0n) is 8.64. The van der Waals surface area contributed by atoms with Crippen LogP contribution in [-0.4, -0.2) is 24.7 Å². The van der Waals surface area contributed by atoms with E-state index in [9.17, 15) is 9.90 Å². The first-order valence-corrected chi connectivity index (χ1v) is 4.73. The van der Waals surface area contributed by atoms with Crippen LogP contribution >= 0.6 is 0 Å². The molecule has 0 saturated heterocycles. The fourth-order valence-corrected chi connectivity index (χ4v) is 1.40. The number of esters is 1. The Bertz CT molecular complexity index is 338. The van der Waals surface area contributed by atoms with Crippen molar-refractivity contribution in [2.75, 3.05) is 13.7 Å². The Morgan fingerprint density at radius 2 is 2.33 bits per heavy atom. The second-order valence-electron chi connectivity index (χ2n) is 3.31. The molecule has 82 valence electrons. The van der Waals surface area contributed by atoms with Crippen molar-refractivity contribution in [1.29, 1.82) is 0 Å². The van der Waals surface area contributed by atoms with Crippen molar-refractivity contribution in [3.63, 3.8) is 0 Å². The molecular formula is C11H15NO3. The summed E-state index contributed by atoms with van der Waals surface area (Å²) in [5.74, 6) is -0.228. The molecular weight excluding hydrogens is 194 g/mol. The standard InChI is InChI=1S/C11H15NO3/c1-15-11(14)6-9(7-12)8-3-2-4-10(13)5-8/h2-5,9,13H,6-7,12H2,1H3. The van der Waals surface area contributed by atoms with E-state index in [1.165, 1.54) is 7.11 Å². The van der Waals surface area contributed by atoms with E-state index in [4.69, 9.17) is 5.73 Å².